The van der Waals surface area contributed by atoms with Crippen LogP contribution in [0.5, 0.6) is 0 Å². The Morgan fingerprint density at radius 1 is 1.23 bits per heavy atom. The number of rotatable bonds is 3. The Kier molecular flexibility index (Phi) is 2.57. The van der Waals surface area contributed by atoms with Gasteiger partial charge in [-0.15, -0.1) is 0 Å². The molecule has 1 aliphatic rings. The summed E-state index contributed by atoms with van der Waals surface area (Å²) < 4.78 is 0. The van der Waals surface area contributed by atoms with Crippen molar-refractivity contribution in [3.8, 4) is 0 Å². The average molecular weight is 176 g/mol. The highest BCUT2D eigenvalue weighted by Crippen LogP contribution is 2.28. The van der Waals surface area contributed by atoms with Gasteiger partial charge in [0.05, 0.1) is 11.4 Å². The van der Waals surface area contributed by atoms with E-state index in [1.165, 1.54) is 25.0 Å². The van der Waals surface area contributed by atoms with E-state index < -0.39 is 0 Å². The van der Waals surface area contributed by atoms with Crippen molar-refractivity contribution in [2.75, 3.05) is 0 Å². The maximum Gasteiger partial charge on any atom is 0.0634 e. The molecule has 2 nitrogen and oxygen atoms in total. The Bertz CT molecular complexity index is 262. The average Bonchev–Trinajstić information content (AvgIpc) is 2.12. The molecule has 0 unspecified atom stereocenters. The summed E-state index contributed by atoms with van der Waals surface area (Å²) >= 11 is 0. The maximum absolute atomic E-state index is 4.22. The molecule has 1 aromatic rings. The second kappa shape index (κ2) is 3.86. The molecule has 0 amide bonds. The number of aryl methyl sites for hydroxylation is 1. The first-order chi connectivity index (χ1) is 6.38. The van der Waals surface area contributed by atoms with Crippen molar-refractivity contribution in [2.24, 2.45) is 5.92 Å². The molecule has 70 valence electrons. The Hall–Kier alpha value is -0.920. The summed E-state index contributed by atoms with van der Waals surface area (Å²) in [5.74, 6) is 0.891. The smallest absolute Gasteiger partial charge is 0.0634 e. The molecule has 1 aromatic heterocycles. The largest absolute Gasteiger partial charge is 0.155 e. The molecule has 0 radical (unpaired) electrons. The van der Waals surface area contributed by atoms with E-state index in [9.17, 15) is 0 Å². The van der Waals surface area contributed by atoms with E-state index in [4.69, 9.17) is 0 Å². The van der Waals surface area contributed by atoms with Crippen LogP contribution in [0.3, 0.4) is 0 Å². The standard InChI is InChI=1S/C11H16N2/c1-2-10-6-7-11(13-12-10)8-9-4-3-5-9/h6-7,9H,2-5,8H2,1H3. The maximum atomic E-state index is 4.22. The van der Waals surface area contributed by atoms with Crippen molar-refractivity contribution < 1.29 is 0 Å². The van der Waals surface area contributed by atoms with E-state index in [1.807, 2.05) is 0 Å². The normalized spacial score (nSPS) is 17.0. The summed E-state index contributed by atoms with van der Waals surface area (Å²) in [7, 11) is 0. The van der Waals surface area contributed by atoms with Crippen molar-refractivity contribution in [1.82, 2.24) is 10.2 Å². The van der Waals surface area contributed by atoms with E-state index in [-0.39, 0.29) is 0 Å². The molecular formula is C11H16N2. The van der Waals surface area contributed by atoms with Gasteiger partial charge in [0.25, 0.3) is 0 Å². The number of nitrogens with zero attached hydrogens (tertiary/aromatic N) is 2. The first kappa shape index (κ1) is 8.67. The fourth-order valence-corrected chi connectivity index (χ4v) is 1.68. The quantitative estimate of drug-likeness (QED) is 0.706. The minimum Gasteiger partial charge on any atom is -0.155 e. The van der Waals surface area contributed by atoms with Gasteiger partial charge in [-0.25, -0.2) is 0 Å². The third-order valence-electron chi connectivity index (χ3n) is 2.86. The van der Waals surface area contributed by atoms with Crippen LogP contribution in [-0.4, -0.2) is 10.2 Å². The zero-order chi connectivity index (χ0) is 9.10. The number of hydrogen-bond acceptors (Lipinski definition) is 2. The lowest BCUT2D eigenvalue weighted by atomic mass is 9.82. The second-order valence-electron chi connectivity index (χ2n) is 3.87. The number of hydrogen-bond donors (Lipinski definition) is 0. The lowest BCUT2D eigenvalue weighted by molar-refractivity contribution is 0.311. The van der Waals surface area contributed by atoms with Crippen LogP contribution in [0.2, 0.25) is 0 Å². The first-order valence-electron chi connectivity index (χ1n) is 5.20. The fourth-order valence-electron chi connectivity index (χ4n) is 1.68. The zero-order valence-electron chi connectivity index (χ0n) is 8.16. The van der Waals surface area contributed by atoms with Crippen LogP contribution in [-0.2, 0) is 12.8 Å². The lowest BCUT2D eigenvalue weighted by Crippen LogP contribution is -2.14. The Morgan fingerprint density at radius 3 is 2.38 bits per heavy atom. The third-order valence-corrected chi connectivity index (χ3v) is 2.86. The summed E-state index contributed by atoms with van der Waals surface area (Å²) in [6.45, 7) is 2.11. The summed E-state index contributed by atoms with van der Waals surface area (Å²) in [6.07, 6.45) is 6.30. The van der Waals surface area contributed by atoms with Gasteiger partial charge in [0, 0.05) is 0 Å². The molecule has 0 bridgehead atoms. The van der Waals surface area contributed by atoms with Gasteiger partial charge in [-0.1, -0.05) is 26.2 Å². The SMILES string of the molecule is CCc1ccc(CC2CCC2)nn1. The van der Waals surface area contributed by atoms with Crippen LogP contribution in [0, 0.1) is 5.92 Å². The van der Waals surface area contributed by atoms with Crippen LogP contribution in [0.15, 0.2) is 12.1 Å². The van der Waals surface area contributed by atoms with Gasteiger partial charge in [-0.2, -0.15) is 10.2 Å². The monoisotopic (exact) mass is 176 g/mol. The second-order valence-corrected chi connectivity index (χ2v) is 3.87. The van der Waals surface area contributed by atoms with Gasteiger partial charge in [-0.05, 0) is 30.9 Å². The molecule has 1 aliphatic carbocycles. The third kappa shape index (κ3) is 2.06. The molecule has 0 aromatic carbocycles. The summed E-state index contributed by atoms with van der Waals surface area (Å²) in [6, 6.07) is 4.23. The minimum absolute atomic E-state index is 0.891. The van der Waals surface area contributed by atoms with E-state index >= 15 is 0 Å². The van der Waals surface area contributed by atoms with Crippen molar-refractivity contribution in [1.29, 1.82) is 0 Å². The Labute approximate surface area is 79.4 Å². The van der Waals surface area contributed by atoms with E-state index in [1.54, 1.807) is 0 Å². The van der Waals surface area contributed by atoms with Gasteiger partial charge >= 0.3 is 0 Å². The predicted octanol–water partition coefficient (Wildman–Crippen LogP) is 2.38. The van der Waals surface area contributed by atoms with Gasteiger partial charge in [0.1, 0.15) is 0 Å². The summed E-state index contributed by atoms with van der Waals surface area (Å²) in [4.78, 5) is 0. The molecule has 1 heterocycles. The van der Waals surface area contributed by atoms with Gasteiger partial charge < -0.3 is 0 Å². The Balaban J connectivity index is 1.96. The lowest BCUT2D eigenvalue weighted by Gasteiger charge is -2.24. The molecule has 2 rings (SSSR count). The summed E-state index contributed by atoms with van der Waals surface area (Å²) in [5, 5.41) is 8.38. The van der Waals surface area contributed by atoms with Crippen LogP contribution in [0.25, 0.3) is 0 Å². The van der Waals surface area contributed by atoms with Gasteiger partial charge in [-0.3, -0.25) is 0 Å². The fraction of sp³-hybridized carbons (Fsp3) is 0.636. The van der Waals surface area contributed by atoms with E-state index in [0.29, 0.717) is 0 Å². The van der Waals surface area contributed by atoms with Gasteiger partial charge in [0.2, 0.25) is 0 Å². The zero-order valence-corrected chi connectivity index (χ0v) is 8.16. The first-order valence-corrected chi connectivity index (χ1v) is 5.20. The highest BCUT2D eigenvalue weighted by Gasteiger charge is 2.18. The topological polar surface area (TPSA) is 25.8 Å². The molecule has 0 N–H and O–H groups in total. The molecule has 0 atom stereocenters. The highest BCUT2D eigenvalue weighted by atomic mass is 15.1. The highest BCUT2D eigenvalue weighted by molar-refractivity contribution is 5.07. The van der Waals surface area contributed by atoms with Crippen molar-refractivity contribution in [3.63, 3.8) is 0 Å². The van der Waals surface area contributed by atoms with Gasteiger partial charge in [0.15, 0.2) is 0 Å². The van der Waals surface area contributed by atoms with Crippen molar-refractivity contribution in [2.45, 2.75) is 39.0 Å². The molecule has 1 fully saturated rings. The summed E-state index contributed by atoms with van der Waals surface area (Å²) in [5.41, 5.74) is 2.26. The number of aromatic nitrogens is 2. The molecule has 0 aliphatic heterocycles. The molecule has 13 heavy (non-hydrogen) atoms. The van der Waals surface area contributed by atoms with E-state index in [2.05, 4.69) is 29.3 Å². The minimum atomic E-state index is 0.891. The Morgan fingerprint density at radius 2 is 1.92 bits per heavy atom. The van der Waals surface area contributed by atoms with Crippen LogP contribution in [0.4, 0.5) is 0 Å². The van der Waals surface area contributed by atoms with E-state index in [0.717, 1.165) is 24.5 Å². The molecule has 0 saturated heterocycles. The molecule has 0 spiro atoms. The molecular weight excluding hydrogens is 160 g/mol. The van der Waals surface area contributed by atoms with Crippen LogP contribution in [0.1, 0.15) is 37.6 Å². The molecule has 2 heteroatoms. The van der Waals surface area contributed by atoms with Crippen LogP contribution >= 0.6 is 0 Å². The predicted molar refractivity (Wildman–Crippen MR) is 52.5 cm³/mol. The van der Waals surface area contributed by atoms with Crippen LogP contribution < -0.4 is 0 Å². The van der Waals surface area contributed by atoms with Crippen molar-refractivity contribution in [3.05, 3.63) is 23.5 Å². The van der Waals surface area contributed by atoms with Crippen molar-refractivity contribution >= 4 is 0 Å². The molecule has 1 saturated carbocycles.